The third kappa shape index (κ3) is 5.56. The first kappa shape index (κ1) is 22.9. The highest BCUT2D eigenvalue weighted by atomic mass is 32.2. The summed E-state index contributed by atoms with van der Waals surface area (Å²) in [5, 5.41) is 4.19. The Morgan fingerprint density at radius 2 is 1.61 bits per heavy atom. The molecule has 168 valence electrons. The molecule has 0 spiro atoms. The van der Waals surface area contributed by atoms with Crippen LogP contribution in [0.15, 0.2) is 101 Å². The van der Waals surface area contributed by atoms with E-state index in [0.717, 1.165) is 32.2 Å². The van der Waals surface area contributed by atoms with Crippen molar-refractivity contribution in [2.75, 3.05) is 20.3 Å². The molecular weight excluding hydrogens is 432 g/mol. The van der Waals surface area contributed by atoms with Gasteiger partial charge in [0.1, 0.15) is 12.4 Å². The maximum absolute atomic E-state index is 12.0. The highest BCUT2D eigenvalue weighted by Crippen LogP contribution is 2.38. The Hall–Kier alpha value is -3.28. The standard InChI is InChI=1S/C28H26O4S/c1-19(2)28(29)32-22(17-30-3)18-31-27-25-12-8-7-9-20(25)15-21-13-14-24(16-26(21)27)33-23-10-5-4-6-11-23/h4-16,22H,1,17-18H2,2-3H3. The molecule has 0 saturated carbocycles. The summed E-state index contributed by atoms with van der Waals surface area (Å²) < 4.78 is 17.1. The van der Waals surface area contributed by atoms with Gasteiger partial charge in [0.2, 0.25) is 0 Å². The van der Waals surface area contributed by atoms with E-state index < -0.39 is 12.1 Å². The average Bonchev–Trinajstić information content (AvgIpc) is 2.82. The molecule has 1 atom stereocenters. The topological polar surface area (TPSA) is 44.8 Å². The van der Waals surface area contributed by atoms with Crippen LogP contribution < -0.4 is 4.74 Å². The van der Waals surface area contributed by atoms with Crippen molar-refractivity contribution < 1.29 is 19.0 Å². The molecule has 0 aliphatic heterocycles. The van der Waals surface area contributed by atoms with E-state index in [0.29, 0.717) is 5.57 Å². The highest BCUT2D eigenvalue weighted by molar-refractivity contribution is 7.99. The molecule has 0 radical (unpaired) electrons. The van der Waals surface area contributed by atoms with Crippen molar-refractivity contribution in [3.8, 4) is 5.75 Å². The molecule has 4 rings (SSSR count). The Balaban J connectivity index is 1.70. The van der Waals surface area contributed by atoms with Gasteiger partial charge in [-0.25, -0.2) is 4.79 Å². The average molecular weight is 459 g/mol. The second-order valence-corrected chi connectivity index (χ2v) is 8.95. The molecular formula is C28H26O4S. The molecule has 0 N–H and O–H groups in total. The lowest BCUT2D eigenvalue weighted by atomic mass is 10.0. The Labute approximate surface area is 198 Å². The van der Waals surface area contributed by atoms with Crippen molar-refractivity contribution in [3.05, 3.63) is 91.0 Å². The first-order valence-electron chi connectivity index (χ1n) is 10.7. The lowest BCUT2D eigenvalue weighted by Crippen LogP contribution is -2.29. The van der Waals surface area contributed by atoms with Gasteiger partial charge in [-0.3, -0.25) is 0 Å². The van der Waals surface area contributed by atoms with Crippen LogP contribution in [0.5, 0.6) is 5.75 Å². The number of rotatable bonds is 9. The zero-order chi connectivity index (χ0) is 23.2. The molecule has 0 fully saturated rings. The summed E-state index contributed by atoms with van der Waals surface area (Å²) in [4.78, 5) is 14.3. The van der Waals surface area contributed by atoms with Gasteiger partial charge in [-0.05, 0) is 48.0 Å². The third-order valence-corrected chi connectivity index (χ3v) is 6.15. The SMILES string of the molecule is C=C(C)C(=O)OC(COC)COc1c2ccccc2cc2ccc(Sc3ccccc3)cc12. The number of esters is 1. The fourth-order valence-corrected chi connectivity index (χ4v) is 4.45. The zero-order valence-corrected chi connectivity index (χ0v) is 19.6. The number of carbonyl (C=O) groups excluding carboxylic acids is 1. The van der Waals surface area contributed by atoms with E-state index in [1.807, 2.05) is 36.4 Å². The molecule has 0 aromatic heterocycles. The number of benzene rings is 4. The lowest BCUT2D eigenvalue weighted by Gasteiger charge is -2.20. The Kier molecular flexibility index (Phi) is 7.33. The first-order valence-corrected chi connectivity index (χ1v) is 11.5. The lowest BCUT2D eigenvalue weighted by molar-refractivity contribution is -0.148. The normalized spacial score (nSPS) is 11.9. The van der Waals surface area contributed by atoms with Crippen LogP contribution in [0.25, 0.3) is 21.5 Å². The minimum atomic E-state index is -0.546. The number of hydrogen-bond donors (Lipinski definition) is 0. The highest BCUT2D eigenvalue weighted by Gasteiger charge is 2.18. The third-order valence-electron chi connectivity index (χ3n) is 5.15. The fraction of sp³-hybridized carbons (Fsp3) is 0.179. The molecule has 0 aliphatic rings. The smallest absolute Gasteiger partial charge is 0.333 e. The molecule has 0 bridgehead atoms. The van der Waals surface area contributed by atoms with E-state index in [-0.39, 0.29) is 13.2 Å². The van der Waals surface area contributed by atoms with E-state index >= 15 is 0 Å². The molecule has 1 unspecified atom stereocenters. The van der Waals surface area contributed by atoms with Crippen LogP contribution in [0.1, 0.15) is 6.92 Å². The quantitative estimate of drug-likeness (QED) is 0.159. The van der Waals surface area contributed by atoms with Gasteiger partial charge < -0.3 is 14.2 Å². The largest absolute Gasteiger partial charge is 0.488 e. The van der Waals surface area contributed by atoms with Crippen LogP contribution in [0, 0.1) is 0 Å². The summed E-state index contributed by atoms with van der Waals surface area (Å²) in [6, 6.07) is 27.0. The minimum Gasteiger partial charge on any atom is -0.488 e. The Morgan fingerprint density at radius 3 is 2.36 bits per heavy atom. The number of fused-ring (bicyclic) bond motifs is 2. The van der Waals surface area contributed by atoms with E-state index in [1.54, 1.807) is 25.8 Å². The van der Waals surface area contributed by atoms with Crippen LogP contribution in [0.2, 0.25) is 0 Å². The van der Waals surface area contributed by atoms with E-state index in [1.165, 1.54) is 4.90 Å². The van der Waals surface area contributed by atoms with E-state index in [9.17, 15) is 4.79 Å². The van der Waals surface area contributed by atoms with Gasteiger partial charge in [0.25, 0.3) is 0 Å². The van der Waals surface area contributed by atoms with Gasteiger partial charge in [0.05, 0.1) is 6.61 Å². The number of ether oxygens (including phenoxy) is 3. The molecule has 5 heteroatoms. The molecule has 4 aromatic carbocycles. The van der Waals surface area contributed by atoms with Gasteiger partial charge in [-0.1, -0.05) is 66.9 Å². The molecule has 0 amide bonds. The summed E-state index contributed by atoms with van der Waals surface area (Å²) in [6.45, 7) is 5.68. The zero-order valence-electron chi connectivity index (χ0n) is 18.7. The van der Waals surface area contributed by atoms with Crippen LogP contribution >= 0.6 is 11.8 Å². The predicted molar refractivity (Wildman–Crippen MR) is 134 cm³/mol. The van der Waals surface area contributed by atoms with E-state index in [4.69, 9.17) is 14.2 Å². The monoisotopic (exact) mass is 458 g/mol. The van der Waals surface area contributed by atoms with Crippen molar-refractivity contribution in [2.24, 2.45) is 0 Å². The summed E-state index contributed by atoms with van der Waals surface area (Å²) in [5.41, 5.74) is 0.342. The molecule has 0 saturated heterocycles. The number of hydrogen-bond acceptors (Lipinski definition) is 5. The molecule has 33 heavy (non-hydrogen) atoms. The first-order chi connectivity index (χ1) is 16.0. The fourth-order valence-electron chi connectivity index (χ4n) is 3.57. The Morgan fingerprint density at radius 1 is 0.879 bits per heavy atom. The van der Waals surface area contributed by atoms with Gasteiger partial charge in [-0.2, -0.15) is 0 Å². The van der Waals surface area contributed by atoms with Crippen LogP contribution in [-0.2, 0) is 14.3 Å². The summed E-state index contributed by atoms with van der Waals surface area (Å²) in [7, 11) is 1.57. The maximum atomic E-state index is 12.0. The van der Waals surface area contributed by atoms with Crippen molar-refractivity contribution in [2.45, 2.75) is 22.8 Å². The second kappa shape index (κ2) is 10.6. The molecule has 4 nitrogen and oxygen atoms in total. The molecule has 0 aliphatic carbocycles. The maximum Gasteiger partial charge on any atom is 0.333 e. The van der Waals surface area contributed by atoms with Gasteiger partial charge >= 0.3 is 5.97 Å². The van der Waals surface area contributed by atoms with E-state index in [2.05, 4.69) is 49.0 Å². The van der Waals surface area contributed by atoms with Crippen molar-refractivity contribution in [1.82, 2.24) is 0 Å². The van der Waals surface area contributed by atoms with Gasteiger partial charge in [0, 0.05) is 33.2 Å². The summed E-state index contributed by atoms with van der Waals surface area (Å²) >= 11 is 1.71. The van der Waals surface area contributed by atoms with Crippen molar-refractivity contribution in [3.63, 3.8) is 0 Å². The van der Waals surface area contributed by atoms with Crippen LogP contribution in [0.4, 0.5) is 0 Å². The van der Waals surface area contributed by atoms with Crippen molar-refractivity contribution >= 4 is 39.3 Å². The van der Waals surface area contributed by atoms with Crippen molar-refractivity contribution in [1.29, 1.82) is 0 Å². The molecule has 0 heterocycles. The minimum absolute atomic E-state index is 0.173. The second-order valence-electron chi connectivity index (χ2n) is 7.80. The van der Waals surface area contributed by atoms with Gasteiger partial charge in [-0.15, -0.1) is 0 Å². The summed E-state index contributed by atoms with van der Waals surface area (Å²) in [5.74, 6) is 0.316. The molecule has 4 aromatic rings. The number of methoxy groups -OCH3 is 1. The Bertz CT molecular complexity index is 1280. The number of carbonyl (C=O) groups is 1. The van der Waals surface area contributed by atoms with Crippen LogP contribution in [0.3, 0.4) is 0 Å². The van der Waals surface area contributed by atoms with Gasteiger partial charge in [0.15, 0.2) is 6.10 Å². The summed E-state index contributed by atoms with van der Waals surface area (Å²) in [6.07, 6.45) is -0.546. The predicted octanol–water partition coefficient (Wildman–Crippen LogP) is 6.66. The van der Waals surface area contributed by atoms with Crippen LogP contribution in [-0.4, -0.2) is 32.4 Å².